The molecule has 0 radical (unpaired) electrons. The van der Waals surface area contributed by atoms with Gasteiger partial charge in [-0.3, -0.25) is 4.99 Å². The van der Waals surface area contributed by atoms with Crippen molar-refractivity contribution in [1.82, 2.24) is 19.8 Å². The van der Waals surface area contributed by atoms with Gasteiger partial charge < -0.3 is 19.5 Å². The lowest BCUT2D eigenvalue weighted by Gasteiger charge is -2.22. The average Bonchev–Trinajstić information content (AvgIpc) is 3.38. The third-order valence-corrected chi connectivity index (χ3v) is 4.66. The Bertz CT molecular complexity index is 720. The number of fused-ring (bicyclic) bond motifs is 1. The van der Waals surface area contributed by atoms with Crippen LogP contribution in [0.25, 0.3) is 11.0 Å². The Balaban J connectivity index is 1.46. The lowest BCUT2D eigenvalue weighted by Crippen LogP contribution is -2.41. The molecule has 1 aliphatic carbocycles. The Hall–Kier alpha value is -2.08. The van der Waals surface area contributed by atoms with E-state index in [1.807, 2.05) is 20.2 Å². The first kappa shape index (κ1) is 17.7. The summed E-state index contributed by atoms with van der Waals surface area (Å²) in [6.07, 6.45) is 2.67. The molecule has 0 atom stereocenters. The van der Waals surface area contributed by atoms with Crippen LogP contribution in [0.2, 0.25) is 0 Å². The number of nitrogens with one attached hydrogen (secondary N) is 1. The Labute approximate surface area is 149 Å². The molecule has 3 rings (SSSR count). The molecule has 1 aromatic heterocycles. The normalized spacial score (nSPS) is 14.9. The van der Waals surface area contributed by atoms with Gasteiger partial charge in [-0.2, -0.15) is 0 Å². The summed E-state index contributed by atoms with van der Waals surface area (Å²) in [6, 6.07) is 8.26. The van der Waals surface area contributed by atoms with Crippen molar-refractivity contribution in [1.29, 1.82) is 0 Å². The molecule has 1 fully saturated rings. The Morgan fingerprint density at radius 1 is 1.40 bits per heavy atom. The zero-order valence-electron chi connectivity index (χ0n) is 15.5. The molecule has 2 aromatic rings. The molecule has 0 unspecified atom stereocenters. The van der Waals surface area contributed by atoms with Crippen molar-refractivity contribution in [3.63, 3.8) is 0 Å². The van der Waals surface area contributed by atoms with E-state index in [4.69, 9.17) is 4.74 Å². The van der Waals surface area contributed by atoms with Crippen molar-refractivity contribution >= 4 is 17.0 Å². The van der Waals surface area contributed by atoms with Gasteiger partial charge in [0.25, 0.3) is 0 Å². The lowest BCUT2D eigenvalue weighted by atomic mass is 10.3. The number of rotatable bonds is 8. The fourth-order valence-corrected chi connectivity index (χ4v) is 2.98. The largest absolute Gasteiger partial charge is 0.379 e. The summed E-state index contributed by atoms with van der Waals surface area (Å²) in [7, 11) is 3.87. The molecule has 6 heteroatoms. The van der Waals surface area contributed by atoms with Crippen molar-refractivity contribution in [3.8, 4) is 0 Å². The molecule has 136 valence electrons. The van der Waals surface area contributed by atoms with Crippen molar-refractivity contribution in [2.45, 2.75) is 26.3 Å². The van der Waals surface area contributed by atoms with Crippen LogP contribution in [-0.4, -0.2) is 60.8 Å². The third-order valence-electron chi connectivity index (χ3n) is 4.66. The first-order valence-electron chi connectivity index (χ1n) is 9.10. The number of hydrogen-bond donors (Lipinski definition) is 1. The highest BCUT2D eigenvalue weighted by Crippen LogP contribution is 2.28. The smallest absolute Gasteiger partial charge is 0.193 e. The zero-order valence-corrected chi connectivity index (χ0v) is 15.5. The fraction of sp³-hybridized carbons (Fsp3) is 0.579. The minimum absolute atomic E-state index is 0.749. The van der Waals surface area contributed by atoms with Crippen molar-refractivity contribution in [2.75, 3.05) is 40.4 Å². The molecule has 1 heterocycles. The van der Waals surface area contributed by atoms with E-state index in [1.54, 1.807) is 0 Å². The first-order chi connectivity index (χ1) is 12.2. The number of aromatic nitrogens is 2. The van der Waals surface area contributed by atoms with Gasteiger partial charge in [-0.1, -0.05) is 12.1 Å². The first-order valence-corrected chi connectivity index (χ1v) is 9.10. The summed E-state index contributed by atoms with van der Waals surface area (Å²) >= 11 is 0. The van der Waals surface area contributed by atoms with E-state index in [0.29, 0.717) is 0 Å². The monoisotopic (exact) mass is 343 g/mol. The highest BCUT2D eigenvalue weighted by molar-refractivity contribution is 5.79. The van der Waals surface area contributed by atoms with Crippen LogP contribution in [0.4, 0.5) is 0 Å². The van der Waals surface area contributed by atoms with Gasteiger partial charge in [-0.15, -0.1) is 0 Å². The van der Waals surface area contributed by atoms with E-state index >= 15 is 0 Å². The second-order valence-electron chi connectivity index (χ2n) is 6.71. The summed E-state index contributed by atoms with van der Waals surface area (Å²) in [6.45, 7) is 6.22. The van der Waals surface area contributed by atoms with Crippen LogP contribution in [-0.2, 0) is 11.3 Å². The minimum Gasteiger partial charge on any atom is -0.379 e. The van der Waals surface area contributed by atoms with Crippen LogP contribution in [0.1, 0.15) is 18.7 Å². The highest BCUT2D eigenvalue weighted by Gasteiger charge is 2.21. The summed E-state index contributed by atoms with van der Waals surface area (Å²) in [5.41, 5.74) is 2.23. The maximum absolute atomic E-state index is 5.71. The van der Waals surface area contributed by atoms with E-state index < -0.39 is 0 Å². The van der Waals surface area contributed by atoms with E-state index in [9.17, 15) is 0 Å². The van der Waals surface area contributed by atoms with Gasteiger partial charge in [0, 0.05) is 40.3 Å². The molecule has 1 aromatic carbocycles. The van der Waals surface area contributed by atoms with Crippen molar-refractivity contribution in [3.05, 3.63) is 30.1 Å². The predicted molar refractivity (Wildman–Crippen MR) is 102 cm³/mol. The van der Waals surface area contributed by atoms with Crippen LogP contribution in [0.15, 0.2) is 29.3 Å². The molecule has 0 aliphatic heterocycles. The number of ether oxygens (including phenoxy) is 1. The molecule has 1 N–H and O–H groups in total. The lowest BCUT2D eigenvalue weighted by molar-refractivity contribution is 0.115. The third kappa shape index (κ3) is 4.72. The number of hydrogen-bond acceptors (Lipinski definition) is 3. The van der Waals surface area contributed by atoms with Gasteiger partial charge in [0.05, 0.1) is 17.6 Å². The van der Waals surface area contributed by atoms with Gasteiger partial charge in [-0.25, -0.2) is 4.98 Å². The predicted octanol–water partition coefficient (Wildman–Crippen LogP) is 2.28. The Morgan fingerprint density at radius 3 is 2.96 bits per heavy atom. The number of aliphatic imine (C=N–C) groups is 1. The fourth-order valence-electron chi connectivity index (χ4n) is 2.98. The van der Waals surface area contributed by atoms with Crippen molar-refractivity contribution < 1.29 is 4.74 Å². The summed E-state index contributed by atoms with van der Waals surface area (Å²) < 4.78 is 7.96. The van der Waals surface area contributed by atoms with E-state index in [1.165, 1.54) is 18.4 Å². The van der Waals surface area contributed by atoms with Crippen LogP contribution >= 0.6 is 0 Å². The average molecular weight is 343 g/mol. The van der Waals surface area contributed by atoms with E-state index in [2.05, 4.69) is 49.9 Å². The number of imidazole rings is 1. The number of likely N-dealkylation sites (N-methyl/N-ethyl adjacent to an activating group) is 1. The summed E-state index contributed by atoms with van der Waals surface area (Å²) in [4.78, 5) is 11.1. The van der Waals surface area contributed by atoms with Crippen LogP contribution < -0.4 is 5.32 Å². The quantitative estimate of drug-likeness (QED) is 0.454. The van der Waals surface area contributed by atoms with Crippen molar-refractivity contribution in [2.24, 2.45) is 10.9 Å². The Morgan fingerprint density at radius 2 is 2.20 bits per heavy atom. The molecule has 1 aliphatic rings. The van der Waals surface area contributed by atoms with Gasteiger partial charge in [0.2, 0.25) is 0 Å². The molecule has 0 amide bonds. The zero-order chi connectivity index (χ0) is 17.6. The van der Waals surface area contributed by atoms with Gasteiger partial charge in [0.15, 0.2) is 5.96 Å². The maximum atomic E-state index is 5.71. The van der Waals surface area contributed by atoms with E-state index in [-0.39, 0.29) is 0 Å². The van der Waals surface area contributed by atoms with Gasteiger partial charge in [0.1, 0.15) is 5.82 Å². The highest BCUT2D eigenvalue weighted by atomic mass is 16.5. The topological polar surface area (TPSA) is 54.7 Å². The SMILES string of the molecule is CN=C(NCCn1c(C)nc2ccccc21)N(C)CCOCC1CC1. The second-order valence-corrected chi connectivity index (χ2v) is 6.71. The number of benzene rings is 1. The van der Waals surface area contributed by atoms with Gasteiger partial charge in [-0.05, 0) is 37.8 Å². The molecule has 6 nitrogen and oxygen atoms in total. The summed E-state index contributed by atoms with van der Waals surface area (Å²) in [5.74, 6) is 2.76. The summed E-state index contributed by atoms with van der Waals surface area (Å²) in [5, 5.41) is 3.43. The van der Waals surface area contributed by atoms with Crippen LogP contribution in [0.3, 0.4) is 0 Å². The Kier molecular flexibility index (Phi) is 5.91. The van der Waals surface area contributed by atoms with Crippen LogP contribution in [0.5, 0.6) is 0 Å². The number of guanidine groups is 1. The molecular weight excluding hydrogens is 314 g/mol. The number of nitrogens with zero attached hydrogens (tertiary/aromatic N) is 4. The number of aryl methyl sites for hydroxylation is 1. The molecule has 0 bridgehead atoms. The molecular formula is C19H29N5O. The molecule has 1 saturated carbocycles. The van der Waals surface area contributed by atoms with Gasteiger partial charge >= 0.3 is 0 Å². The maximum Gasteiger partial charge on any atom is 0.193 e. The second kappa shape index (κ2) is 8.34. The number of para-hydroxylation sites is 2. The standard InChI is InChI=1S/C19H29N5O/c1-15-22-17-6-4-5-7-18(17)24(15)11-10-21-19(20-2)23(3)12-13-25-14-16-8-9-16/h4-7,16H,8-14H2,1-3H3,(H,20,21). The molecule has 0 spiro atoms. The van der Waals surface area contributed by atoms with Crippen LogP contribution in [0, 0.1) is 12.8 Å². The minimum atomic E-state index is 0.749. The molecule has 0 saturated heterocycles. The molecule has 25 heavy (non-hydrogen) atoms. The van der Waals surface area contributed by atoms with E-state index in [0.717, 1.165) is 56.1 Å².